The molecule has 0 aromatic carbocycles. The first-order valence-electron chi connectivity index (χ1n) is 14.9. The fourth-order valence-electron chi connectivity index (χ4n) is 5.20. The van der Waals surface area contributed by atoms with Gasteiger partial charge in [-0.2, -0.15) is 15.5 Å². The number of allylic oxidation sites excluding steroid dienone is 3. The molecule has 3 aromatic rings. The number of methoxy groups -OCH3 is 1. The summed E-state index contributed by atoms with van der Waals surface area (Å²) in [6.07, 6.45) is 14.1. The highest BCUT2D eigenvalue weighted by atomic mass is 16.5. The molecule has 3 aromatic heterocycles. The van der Waals surface area contributed by atoms with Gasteiger partial charge in [-0.1, -0.05) is 12.1 Å². The zero-order chi connectivity index (χ0) is 30.9. The second-order valence-electron chi connectivity index (χ2n) is 11.0. The van der Waals surface area contributed by atoms with E-state index in [1.54, 1.807) is 18.0 Å². The normalized spacial score (nSPS) is 16.1. The number of hydrogen-bond donors (Lipinski definition) is 0. The van der Waals surface area contributed by atoms with Crippen LogP contribution in [0.25, 0.3) is 0 Å². The van der Waals surface area contributed by atoms with Crippen molar-refractivity contribution < 1.29 is 9.47 Å². The minimum Gasteiger partial charge on any atom is -0.481 e. The number of ether oxygens (including phenoxy) is 2. The summed E-state index contributed by atoms with van der Waals surface area (Å²) in [5.41, 5.74) is 5.05. The Morgan fingerprint density at radius 3 is 2.64 bits per heavy atom. The van der Waals surface area contributed by atoms with Crippen LogP contribution in [0.1, 0.15) is 42.7 Å². The molecule has 44 heavy (non-hydrogen) atoms. The van der Waals surface area contributed by atoms with Crippen LogP contribution in [0, 0.1) is 11.3 Å². The first-order chi connectivity index (χ1) is 21.4. The molecule has 12 nitrogen and oxygen atoms in total. The Balaban J connectivity index is 1.29. The van der Waals surface area contributed by atoms with E-state index >= 15 is 0 Å². The minimum atomic E-state index is 0.184. The van der Waals surface area contributed by atoms with Gasteiger partial charge in [0, 0.05) is 76.4 Å². The number of piperazine rings is 1. The van der Waals surface area contributed by atoms with E-state index in [1.165, 1.54) is 5.56 Å². The predicted molar refractivity (Wildman–Crippen MR) is 168 cm³/mol. The maximum absolute atomic E-state index is 9.83. The highest BCUT2D eigenvalue weighted by Crippen LogP contribution is 2.22. The molecule has 0 N–H and O–H groups in total. The zero-order valence-corrected chi connectivity index (χ0v) is 25.9. The molecule has 0 spiro atoms. The van der Waals surface area contributed by atoms with E-state index in [0.29, 0.717) is 43.3 Å². The number of aromatic nitrogens is 5. The second kappa shape index (κ2) is 14.7. The van der Waals surface area contributed by atoms with Crippen molar-refractivity contribution in [2.75, 3.05) is 39.9 Å². The largest absolute Gasteiger partial charge is 0.481 e. The van der Waals surface area contributed by atoms with E-state index in [-0.39, 0.29) is 6.10 Å². The van der Waals surface area contributed by atoms with Gasteiger partial charge in [-0.05, 0) is 31.1 Å². The van der Waals surface area contributed by atoms with Crippen LogP contribution < -0.4 is 4.74 Å². The van der Waals surface area contributed by atoms with Gasteiger partial charge in [-0.3, -0.25) is 19.3 Å². The highest BCUT2D eigenvalue weighted by molar-refractivity contribution is 6.14. The maximum atomic E-state index is 9.83. The molecule has 1 saturated heterocycles. The van der Waals surface area contributed by atoms with Crippen molar-refractivity contribution in [1.29, 1.82) is 5.26 Å². The number of hydrogen-bond acceptors (Lipinski definition) is 10. The molecule has 12 heteroatoms. The molecule has 230 valence electrons. The minimum absolute atomic E-state index is 0.184. The summed E-state index contributed by atoms with van der Waals surface area (Å²) in [5.74, 6) is 1.56. The molecule has 0 aliphatic carbocycles. The fourth-order valence-corrected chi connectivity index (χ4v) is 5.20. The number of nitriles is 1. The molecule has 0 saturated carbocycles. The number of aliphatic imine (C=N–C) groups is 2. The summed E-state index contributed by atoms with van der Waals surface area (Å²) in [5, 5.41) is 18.7. The third-order valence-electron chi connectivity index (χ3n) is 7.54. The molecule has 0 unspecified atom stereocenters. The molecule has 0 radical (unpaired) electrons. The van der Waals surface area contributed by atoms with Crippen molar-refractivity contribution in [3.63, 3.8) is 0 Å². The van der Waals surface area contributed by atoms with E-state index in [1.807, 2.05) is 56.4 Å². The van der Waals surface area contributed by atoms with Crippen LogP contribution in [0.4, 0.5) is 0 Å². The van der Waals surface area contributed by atoms with E-state index < -0.39 is 0 Å². The molecule has 2 aliphatic heterocycles. The average Bonchev–Trinajstić information content (AvgIpc) is 3.56. The van der Waals surface area contributed by atoms with Crippen LogP contribution in [0.15, 0.2) is 70.5 Å². The molecular weight excluding hydrogens is 556 g/mol. The fraction of sp³-hybridized carbons (Fsp3) is 0.438. The van der Waals surface area contributed by atoms with Gasteiger partial charge in [0.2, 0.25) is 5.88 Å². The Hall–Kier alpha value is -4.60. The van der Waals surface area contributed by atoms with Crippen LogP contribution in [-0.2, 0) is 31.4 Å². The Morgan fingerprint density at radius 2 is 1.91 bits per heavy atom. The molecule has 0 bridgehead atoms. The molecule has 5 heterocycles. The van der Waals surface area contributed by atoms with Gasteiger partial charge in [-0.15, -0.1) is 0 Å². The van der Waals surface area contributed by atoms with Gasteiger partial charge >= 0.3 is 0 Å². The van der Waals surface area contributed by atoms with Crippen molar-refractivity contribution in [3.05, 3.63) is 82.9 Å². The van der Waals surface area contributed by atoms with Crippen LogP contribution >= 0.6 is 0 Å². The van der Waals surface area contributed by atoms with Crippen LogP contribution in [0.2, 0.25) is 0 Å². The summed E-state index contributed by atoms with van der Waals surface area (Å²) in [4.78, 5) is 18.9. The Labute approximate surface area is 258 Å². The lowest BCUT2D eigenvalue weighted by molar-refractivity contribution is 0.0709. The second-order valence-corrected chi connectivity index (χ2v) is 11.0. The van der Waals surface area contributed by atoms with Crippen molar-refractivity contribution in [1.82, 2.24) is 34.3 Å². The lowest BCUT2D eigenvalue weighted by Crippen LogP contribution is -2.45. The quantitative estimate of drug-likeness (QED) is 0.292. The third kappa shape index (κ3) is 7.86. The molecular formula is C32H40N10O2. The average molecular weight is 597 g/mol. The summed E-state index contributed by atoms with van der Waals surface area (Å²) in [7, 11) is 3.47. The smallest absolute Gasteiger partial charge is 0.212 e. The van der Waals surface area contributed by atoms with Crippen LogP contribution in [-0.4, -0.2) is 92.3 Å². The molecule has 5 rings (SSSR count). The number of rotatable bonds is 12. The van der Waals surface area contributed by atoms with Crippen molar-refractivity contribution in [2.24, 2.45) is 17.0 Å². The molecule has 0 atom stereocenters. The molecule has 0 amide bonds. The van der Waals surface area contributed by atoms with Gasteiger partial charge in [-0.25, -0.2) is 9.98 Å². The van der Waals surface area contributed by atoms with Crippen molar-refractivity contribution >= 4 is 11.9 Å². The van der Waals surface area contributed by atoms with Gasteiger partial charge in [0.25, 0.3) is 0 Å². The zero-order valence-electron chi connectivity index (χ0n) is 25.9. The first-order valence-corrected chi connectivity index (χ1v) is 14.9. The van der Waals surface area contributed by atoms with Gasteiger partial charge < -0.3 is 14.4 Å². The molecule has 2 aliphatic rings. The monoisotopic (exact) mass is 596 g/mol. The highest BCUT2D eigenvalue weighted by Gasteiger charge is 2.22. The van der Waals surface area contributed by atoms with E-state index in [9.17, 15) is 5.26 Å². The van der Waals surface area contributed by atoms with Crippen molar-refractivity contribution in [3.8, 4) is 11.9 Å². The van der Waals surface area contributed by atoms with E-state index in [4.69, 9.17) is 19.5 Å². The molecule has 1 fully saturated rings. The summed E-state index contributed by atoms with van der Waals surface area (Å²) in [6, 6.07) is 6.25. The Bertz CT molecular complexity index is 1560. The number of aryl methyl sites for hydroxylation is 1. The lowest BCUT2D eigenvalue weighted by Gasteiger charge is -2.35. The SMILES string of the molecule is COc1ccc(CN2CCN(C3=CC=C(/C(=N/Cc4cnn(CCOC(C)C)c4)c4c(C#N)cnn4C)CC=N3)CC2)cn1. The number of nitrogens with zero attached hydrogens (tertiary/aromatic N) is 10. The van der Waals surface area contributed by atoms with Gasteiger partial charge in [0.15, 0.2) is 0 Å². The van der Waals surface area contributed by atoms with Crippen molar-refractivity contribution in [2.45, 2.75) is 46.0 Å². The standard InChI is InChI=1S/C32H40N10O2/c1-24(2)44-16-15-42-23-26(20-38-42)19-36-31(32-28(17-33)21-37-39(32)3)27-6-7-29(34-10-9-27)41-13-11-40(12-14-41)22-25-5-8-30(43-4)35-18-25/h5-8,10,18,20-21,23-24H,9,11-16,19,22H2,1-4H3/b36-31-. The first kappa shape index (κ1) is 30.8. The third-order valence-corrected chi connectivity index (χ3v) is 7.54. The van der Waals surface area contributed by atoms with Gasteiger partial charge in [0.05, 0.1) is 56.6 Å². The topological polar surface area (TPSA) is 122 Å². The Kier molecular flexibility index (Phi) is 10.3. The lowest BCUT2D eigenvalue weighted by atomic mass is 10.0. The number of pyridine rings is 1. The predicted octanol–water partition coefficient (Wildman–Crippen LogP) is 3.37. The maximum Gasteiger partial charge on any atom is 0.212 e. The van der Waals surface area contributed by atoms with E-state index in [2.05, 4.69) is 49.3 Å². The van der Waals surface area contributed by atoms with Crippen LogP contribution in [0.3, 0.4) is 0 Å². The Morgan fingerprint density at radius 1 is 1.07 bits per heavy atom. The summed E-state index contributed by atoms with van der Waals surface area (Å²) < 4.78 is 14.4. The summed E-state index contributed by atoms with van der Waals surface area (Å²) >= 11 is 0. The summed E-state index contributed by atoms with van der Waals surface area (Å²) in [6.45, 7) is 10.2. The van der Waals surface area contributed by atoms with E-state index in [0.717, 1.165) is 55.4 Å². The van der Waals surface area contributed by atoms with Crippen LogP contribution in [0.5, 0.6) is 5.88 Å². The van der Waals surface area contributed by atoms with Gasteiger partial charge in [0.1, 0.15) is 17.6 Å².